The SMILES string of the molecule is C[C@H](CO)N1C[C@H](C)[C@H](CN(C)S(=O)(=O)c2ccc(Cl)cc2)Oc2ccc(NC(=O)Nc3cccc4ccccc34)cc2CC1=O. The van der Waals surface area contributed by atoms with Crippen LogP contribution in [0.1, 0.15) is 19.4 Å². The molecule has 0 bridgehead atoms. The van der Waals surface area contributed by atoms with E-state index in [0.717, 1.165) is 10.8 Å². The second kappa shape index (κ2) is 14.1. The van der Waals surface area contributed by atoms with Gasteiger partial charge in [0.25, 0.3) is 0 Å². The maximum Gasteiger partial charge on any atom is 0.323 e. The highest BCUT2D eigenvalue weighted by molar-refractivity contribution is 7.89. The third-order valence-corrected chi connectivity index (χ3v) is 10.3. The van der Waals surface area contributed by atoms with Gasteiger partial charge in [0.15, 0.2) is 0 Å². The van der Waals surface area contributed by atoms with Gasteiger partial charge in [-0.3, -0.25) is 4.79 Å². The smallest absolute Gasteiger partial charge is 0.323 e. The quantitative estimate of drug-likeness (QED) is 0.225. The molecule has 0 unspecified atom stereocenters. The van der Waals surface area contributed by atoms with Crippen LogP contribution in [0.2, 0.25) is 5.02 Å². The summed E-state index contributed by atoms with van der Waals surface area (Å²) >= 11 is 5.97. The molecule has 3 N–H and O–H groups in total. The summed E-state index contributed by atoms with van der Waals surface area (Å²) in [5.74, 6) is -0.129. The van der Waals surface area contributed by atoms with E-state index >= 15 is 0 Å². The second-order valence-electron chi connectivity index (χ2n) is 11.6. The van der Waals surface area contributed by atoms with Gasteiger partial charge in [-0.1, -0.05) is 54.9 Å². The Morgan fingerprint density at radius 1 is 1.07 bits per heavy atom. The topological polar surface area (TPSA) is 128 Å². The van der Waals surface area contributed by atoms with Crippen molar-refractivity contribution in [2.75, 3.05) is 37.4 Å². The number of likely N-dealkylation sites (N-methyl/N-ethyl adjacent to an activating group) is 1. The minimum atomic E-state index is -3.87. The van der Waals surface area contributed by atoms with Crippen molar-refractivity contribution >= 4 is 55.7 Å². The minimum absolute atomic E-state index is 0.00541. The number of fused-ring (bicyclic) bond motifs is 2. The van der Waals surface area contributed by atoms with Crippen LogP contribution >= 0.6 is 11.6 Å². The number of nitrogens with one attached hydrogen (secondary N) is 2. The van der Waals surface area contributed by atoms with Crippen LogP contribution in [0.4, 0.5) is 16.2 Å². The molecule has 0 fully saturated rings. The van der Waals surface area contributed by atoms with Crippen LogP contribution in [0.25, 0.3) is 10.8 Å². The molecule has 4 aromatic rings. The molecule has 0 saturated carbocycles. The van der Waals surface area contributed by atoms with Crippen molar-refractivity contribution in [1.82, 2.24) is 9.21 Å². The molecule has 5 rings (SSSR count). The lowest BCUT2D eigenvalue weighted by Gasteiger charge is -2.33. The van der Waals surface area contributed by atoms with E-state index in [2.05, 4.69) is 10.6 Å². The summed E-state index contributed by atoms with van der Waals surface area (Å²) in [6, 6.07) is 23.4. The Morgan fingerprint density at radius 3 is 2.52 bits per heavy atom. The predicted molar refractivity (Wildman–Crippen MR) is 180 cm³/mol. The van der Waals surface area contributed by atoms with Gasteiger partial charge in [-0.15, -0.1) is 0 Å². The second-order valence-corrected chi connectivity index (χ2v) is 14.0. The number of carbonyl (C=O) groups is 2. The molecule has 0 aliphatic carbocycles. The average molecular weight is 665 g/mol. The van der Waals surface area contributed by atoms with Crippen LogP contribution in [0.5, 0.6) is 5.75 Å². The van der Waals surface area contributed by atoms with Crippen LogP contribution in [0.3, 0.4) is 0 Å². The highest BCUT2D eigenvalue weighted by Crippen LogP contribution is 2.30. The summed E-state index contributed by atoms with van der Waals surface area (Å²) in [7, 11) is -2.39. The van der Waals surface area contributed by atoms with Gasteiger partial charge in [0, 0.05) is 41.2 Å². The zero-order chi connectivity index (χ0) is 33.0. The number of hydrogen-bond donors (Lipinski definition) is 3. The first-order valence-corrected chi connectivity index (χ1v) is 16.8. The predicted octanol–water partition coefficient (Wildman–Crippen LogP) is 5.61. The summed E-state index contributed by atoms with van der Waals surface area (Å²) in [5, 5.41) is 18.0. The third-order valence-electron chi connectivity index (χ3n) is 8.17. The van der Waals surface area contributed by atoms with Crippen molar-refractivity contribution < 1.29 is 27.9 Å². The minimum Gasteiger partial charge on any atom is -0.488 e. The number of sulfonamides is 1. The maximum absolute atomic E-state index is 13.6. The number of ether oxygens (including phenoxy) is 1. The molecule has 1 heterocycles. The van der Waals surface area contributed by atoms with E-state index in [9.17, 15) is 23.1 Å². The molecular formula is C34H37ClN4O6S. The molecule has 10 nitrogen and oxygen atoms in total. The van der Waals surface area contributed by atoms with E-state index in [0.29, 0.717) is 27.7 Å². The van der Waals surface area contributed by atoms with Gasteiger partial charge in [-0.05, 0) is 60.8 Å². The first-order valence-electron chi connectivity index (χ1n) is 14.9. The summed E-state index contributed by atoms with van der Waals surface area (Å²) in [4.78, 5) is 28.3. The van der Waals surface area contributed by atoms with E-state index < -0.39 is 28.2 Å². The van der Waals surface area contributed by atoms with E-state index in [4.69, 9.17) is 16.3 Å². The monoisotopic (exact) mass is 664 g/mol. The third kappa shape index (κ3) is 7.45. The Hall–Kier alpha value is -4.16. The number of aliphatic hydroxyl groups is 1. The van der Waals surface area contributed by atoms with Crippen LogP contribution in [-0.2, 0) is 21.2 Å². The van der Waals surface area contributed by atoms with Gasteiger partial charge in [-0.2, -0.15) is 4.31 Å². The molecule has 1 aliphatic heterocycles. The van der Waals surface area contributed by atoms with Gasteiger partial charge in [0.1, 0.15) is 11.9 Å². The van der Waals surface area contributed by atoms with Crippen LogP contribution < -0.4 is 15.4 Å². The largest absolute Gasteiger partial charge is 0.488 e. The summed E-state index contributed by atoms with van der Waals surface area (Å²) in [6.45, 7) is 3.64. The van der Waals surface area contributed by atoms with Crippen molar-refractivity contribution in [3.05, 3.63) is 95.5 Å². The number of benzene rings is 4. The number of halogens is 1. The number of carbonyl (C=O) groups excluding carboxylic acids is 2. The van der Waals surface area contributed by atoms with E-state index in [1.165, 1.54) is 35.6 Å². The lowest BCUT2D eigenvalue weighted by Crippen LogP contribution is -2.48. The zero-order valence-corrected chi connectivity index (χ0v) is 27.4. The molecule has 0 saturated heterocycles. The molecule has 4 aromatic carbocycles. The van der Waals surface area contributed by atoms with E-state index in [-0.39, 0.29) is 42.8 Å². The molecule has 0 spiro atoms. The molecule has 12 heteroatoms. The van der Waals surface area contributed by atoms with Gasteiger partial charge in [-0.25, -0.2) is 13.2 Å². The highest BCUT2D eigenvalue weighted by Gasteiger charge is 2.33. The fourth-order valence-electron chi connectivity index (χ4n) is 5.48. The molecule has 0 aromatic heterocycles. The number of aliphatic hydroxyl groups excluding tert-OH is 1. The normalized spacial score (nSPS) is 17.8. The van der Waals surface area contributed by atoms with Crippen molar-refractivity contribution in [3.8, 4) is 5.75 Å². The van der Waals surface area contributed by atoms with Crippen molar-refractivity contribution in [3.63, 3.8) is 0 Å². The summed E-state index contributed by atoms with van der Waals surface area (Å²) in [6.07, 6.45) is -0.697. The molecule has 46 heavy (non-hydrogen) atoms. The Kier molecular flexibility index (Phi) is 10.2. The average Bonchev–Trinajstić information content (AvgIpc) is 3.08. The summed E-state index contributed by atoms with van der Waals surface area (Å²) in [5.41, 5.74) is 1.62. The Balaban J connectivity index is 1.41. The van der Waals surface area contributed by atoms with Crippen molar-refractivity contribution in [2.24, 2.45) is 5.92 Å². The van der Waals surface area contributed by atoms with E-state index in [1.807, 2.05) is 49.4 Å². The summed E-state index contributed by atoms with van der Waals surface area (Å²) < 4.78 is 34.5. The number of nitrogens with zero attached hydrogens (tertiary/aromatic N) is 2. The van der Waals surface area contributed by atoms with Gasteiger partial charge in [0.05, 0.1) is 36.2 Å². The molecular weight excluding hydrogens is 628 g/mol. The van der Waals surface area contributed by atoms with Gasteiger partial charge >= 0.3 is 6.03 Å². The Bertz CT molecular complexity index is 1830. The van der Waals surface area contributed by atoms with E-state index in [1.54, 1.807) is 30.0 Å². The molecule has 1 aliphatic rings. The standard InChI is InChI=1S/C34H37ClN4O6S/c1-22-19-39(23(2)21-40)33(41)18-25-17-27(36-34(42)37-30-10-6-8-24-7-4-5-9-29(24)30)13-16-31(25)45-32(22)20-38(3)46(43,44)28-14-11-26(35)12-15-28/h4-17,22-23,32,40H,18-21H2,1-3H3,(H2,36,37,42)/t22-,23+,32-/m0/s1. The van der Waals surface area contributed by atoms with Gasteiger partial charge in [0.2, 0.25) is 15.9 Å². The number of rotatable bonds is 8. The fraction of sp³-hybridized carbons (Fsp3) is 0.294. The van der Waals surface area contributed by atoms with Gasteiger partial charge < -0.3 is 25.4 Å². The highest BCUT2D eigenvalue weighted by atomic mass is 35.5. The maximum atomic E-state index is 13.6. The van der Waals surface area contributed by atoms with Crippen molar-refractivity contribution in [2.45, 2.75) is 37.3 Å². The Morgan fingerprint density at radius 2 is 1.78 bits per heavy atom. The number of urea groups is 1. The molecule has 3 amide bonds. The lowest BCUT2D eigenvalue weighted by molar-refractivity contribution is -0.134. The fourth-order valence-corrected chi connectivity index (χ4v) is 6.79. The van der Waals surface area contributed by atoms with Crippen molar-refractivity contribution in [1.29, 1.82) is 0 Å². The number of hydrogen-bond acceptors (Lipinski definition) is 6. The number of anilines is 2. The van der Waals surface area contributed by atoms with Crippen LogP contribution in [0.15, 0.2) is 89.8 Å². The zero-order valence-electron chi connectivity index (χ0n) is 25.8. The Labute approximate surface area is 274 Å². The molecule has 242 valence electrons. The first-order chi connectivity index (χ1) is 22.0. The lowest BCUT2D eigenvalue weighted by atomic mass is 10.0. The first kappa shape index (κ1) is 33.2. The molecule has 0 radical (unpaired) electrons. The van der Waals surface area contributed by atoms with Crippen LogP contribution in [0, 0.1) is 5.92 Å². The van der Waals surface area contributed by atoms with Crippen LogP contribution in [-0.4, -0.2) is 73.6 Å². The molecule has 3 atom stereocenters. The number of amides is 3.